The van der Waals surface area contributed by atoms with Gasteiger partial charge in [0.15, 0.2) is 5.82 Å². The molecule has 2 N–H and O–H groups in total. The van der Waals surface area contributed by atoms with Gasteiger partial charge < -0.3 is 5.73 Å². The van der Waals surface area contributed by atoms with Crippen molar-refractivity contribution in [2.45, 2.75) is 0 Å². The number of hydrogen-bond donors (Lipinski definition) is 1. The van der Waals surface area contributed by atoms with Gasteiger partial charge >= 0.3 is 0 Å². The molecule has 0 atom stereocenters. The molecule has 0 saturated carbocycles. The Hall–Kier alpha value is -1.97. The molecule has 0 radical (unpaired) electrons. The first-order valence-corrected chi connectivity index (χ1v) is 3.84. The number of hydrogen-bond acceptors (Lipinski definition) is 4. The molecule has 2 rings (SSSR count). The van der Waals surface area contributed by atoms with Crippen molar-refractivity contribution in [1.82, 2.24) is 15.0 Å². The summed E-state index contributed by atoms with van der Waals surface area (Å²) in [4.78, 5) is 11.8. The van der Waals surface area contributed by atoms with Crippen LogP contribution in [0.1, 0.15) is 0 Å². The van der Waals surface area contributed by atoms with E-state index in [0.717, 1.165) is 5.56 Å². The Bertz CT molecular complexity index is 399. The summed E-state index contributed by atoms with van der Waals surface area (Å²) >= 11 is 0. The van der Waals surface area contributed by atoms with E-state index < -0.39 is 0 Å². The highest BCUT2D eigenvalue weighted by molar-refractivity contribution is 5.60. The van der Waals surface area contributed by atoms with Crippen LogP contribution in [0.3, 0.4) is 0 Å². The summed E-state index contributed by atoms with van der Waals surface area (Å²) in [5.41, 5.74) is 7.24. The first kappa shape index (κ1) is 7.67. The van der Waals surface area contributed by atoms with E-state index in [9.17, 15) is 0 Å². The van der Waals surface area contributed by atoms with Gasteiger partial charge in [-0.15, -0.1) is 0 Å². The van der Waals surface area contributed by atoms with Crippen molar-refractivity contribution in [2.24, 2.45) is 0 Å². The van der Waals surface area contributed by atoms with Gasteiger partial charge in [0.25, 0.3) is 0 Å². The zero-order valence-corrected chi connectivity index (χ0v) is 6.88. The maximum atomic E-state index is 5.62. The number of anilines is 1. The quantitative estimate of drug-likeness (QED) is 0.654. The summed E-state index contributed by atoms with van der Waals surface area (Å²) in [5, 5.41) is 0. The van der Waals surface area contributed by atoms with Crippen LogP contribution >= 0.6 is 0 Å². The zero-order valence-electron chi connectivity index (χ0n) is 6.88. The smallest absolute Gasteiger partial charge is 0.162 e. The Morgan fingerprint density at radius 2 is 1.85 bits per heavy atom. The monoisotopic (exact) mass is 172 g/mol. The van der Waals surface area contributed by atoms with Crippen molar-refractivity contribution in [3.8, 4) is 11.4 Å². The van der Waals surface area contributed by atoms with E-state index in [1.165, 1.54) is 12.7 Å². The lowest BCUT2D eigenvalue weighted by molar-refractivity contribution is 1.06. The highest BCUT2D eigenvalue weighted by atomic mass is 15.0. The molecule has 0 aliphatic heterocycles. The van der Waals surface area contributed by atoms with Crippen LogP contribution in [0.5, 0.6) is 0 Å². The summed E-state index contributed by atoms with van der Waals surface area (Å²) < 4.78 is 0. The lowest BCUT2D eigenvalue weighted by atomic mass is 10.2. The standard InChI is InChI=1S/C9H8N4/c10-8-3-1-2-7(4-8)9-12-5-11-6-13-9/h1-6H,10H2. The molecule has 0 fully saturated rings. The number of nitrogens with two attached hydrogens (primary N) is 1. The molecule has 0 amide bonds. The molecule has 1 aromatic heterocycles. The fourth-order valence-corrected chi connectivity index (χ4v) is 1.07. The maximum absolute atomic E-state index is 5.62. The van der Waals surface area contributed by atoms with E-state index in [0.29, 0.717) is 11.5 Å². The van der Waals surface area contributed by atoms with Gasteiger partial charge in [0.05, 0.1) is 0 Å². The molecule has 0 bridgehead atoms. The van der Waals surface area contributed by atoms with Crippen LogP contribution in [0.4, 0.5) is 5.69 Å². The van der Waals surface area contributed by atoms with Crippen LogP contribution in [-0.2, 0) is 0 Å². The molecule has 1 aromatic carbocycles. The molecular formula is C9H8N4. The first-order valence-electron chi connectivity index (χ1n) is 3.84. The van der Waals surface area contributed by atoms with E-state index in [1.54, 1.807) is 0 Å². The number of nitrogens with zero attached hydrogens (tertiary/aromatic N) is 3. The van der Waals surface area contributed by atoms with E-state index in [4.69, 9.17) is 5.73 Å². The van der Waals surface area contributed by atoms with Crippen molar-refractivity contribution >= 4 is 5.69 Å². The van der Waals surface area contributed by atoms with Gasteiger partial charge in [-0.05, 0) is 12.1 Å². The zero-order chi connectivity index (χ0) is 9.10. The van der Waals surface area contributed by atoms with E-state index in [-0.39, 0.29) is 0 Å². The highest BCUT2D eigenvalue weighted by Gasteiger charge is 1.98. The fraction of sp³-hybridized carbons (Fsp3) is 0. The Balaban J connectivity index is 2.48. The number of aromatic nitrogens is 3. The Morgan fingerprint density at radius 3 is 2.54 bits per heavy atom. The summed E-state index contributed by atoms with van der Waals surface area (Å²) in [5.74, 6) is 0.641. The molecule has 0 spiro atoms. The normalized spacial score (nSPS) is 9.85. The molecule has 0 unspecified atom stereocenters. The first-order chi connectivity index (χ1) is 6.36. The largest absolute Gasteiger partial charge is 0.399 e. The van der Waals surface area contributed by atoms with Crippen LogP contribution in [-0.4, -0.2) is 15.0 Å². The van der Waals surface area contributed by atoms with Crippen LogP contribution in [0.15, 0.2) is 36.9 Å². The molecule has 0 aliphatic rings. The second-order valence-electron chi connectivity index (χ2n) is 2.59. The molecule has 1 heterocycles. The SMILES string of the molecule is Nc1cccc(-c2ncncn2)c1. The Labute approximate surface area is 75.5 Å². The van der Waals surface area contributed by atoms with Crippen LogP contribution in [0.25, 0.3) is 11.4 Å². The number of benzene rings is 1. The Kier molecular flexibility index (Phi) is 1.88. The van der Waals surface area contributed by atoms with Gasteiger partial charge in [-0.2, -0.15) is 0 Å². The second-order valence-corrected chi connectivity index (χ2v) is 2.59. The summed E-state index contributed by atoms with van der Waals surface area (Å²) in [6.45, 7) is 0. The molecule has 0 saturated heterocycles. The summed E-state index contributed by atoms with van der Waals surface area (Å²) in [6.07, 6.45) is 2.93. The van der Waals surface area contributed by atoms with E-state index in [1.807, 2.05) is 24.3 Å². The molecule has 0 aliphatic carbocycles. The Morgan fingerprint density at radius 1 is 1.08 bits per heavy atom. The predicted molar refractivity (Wildman–Crippen MR) is 49.7 cm³/mol. The average Bonchev–Trinajstić information content (AvgIpc) is 2.19. The van der Waals surface area contributed by atoms with Crippen molar-refractivity contribution in [3.05, 3.63) is 36.9 Å². The van der Waals surface area contributed by atoms with Crippen LogP contribution in [0, 0.1) is 0 Å². The van der Waals surface area contributed by atoms with Crippen LogP contribution < -0.4 is 5.73 Å². The van der Waals surface area contributed by atoms with Crippen molar-refractivity contribution in [3.63, 3.8) is 0 Å². The number of nitrogen functional groups attached to an aromatic ring is 1. The van der Waals surface area contributed by atoms with Crippen molar-refractivity contribution in [1.29, 1.82) is 0 Å². The second kappa shape index (κ2) is 3.18. The summed E-state index contributed by atoms with van der Waals surface area (Å²) in [7, 11) is 0. The topological polar surface area (TPSA) is 64.7 Å². The van der Waals surface area contributed by atoms with Gasteiger partial charge in [-0.3, -0.25) is 0 Å². The molecular weight excluding hydrogens is 164 g/mol. The highest BCUT2D eigenvalue weighted by Crippen LogP contribution is 2.15. The van der Waals surface area contributed by atoms with Crippen molar-refractivity contribution < 1.29 is 0 Å². The van der Waals surface area contributed by atoms with E-state index >= 15 is 0 Å². The van der Waals surface area contributed by atoms with E-state index in [2.05, 4.69) is 15.0 Å². The van der Waals surface area contributed by atoms with Gasteiger partial charge in [0.1, 0.15) is 12.7 Å². The van der Waals surface area contributed by atoms with Crippen molar-refractivity contribution in [2.75, 3.05) is 5.73 Å². The molecule has 64 valence electrons. The van der Waals surface area contributed by atoms with Gasteiger partial charge in [0, 0.05) is 11.3 Å². The average molecular weight is 172 g/mol. The minimum Gasteiger partial charge on any atom is -0.399 e. The predicted octanol–water partition coefficient (Wildman–Crippen LogP) is 1.12. The fourth-order valence-electron chi connectivity index (χ4n) is 1.07. The number of rotatable bonds is 1. The van der Waals surface area contributed by atoms with Gasteiger partial charge in [0.2, 0.25) is 0 Å². The third kappa shape index (κ3) is 1.61. The third-order valence-corrected chi connectivity index (χ3v) is 1.64. The molecule has 13 heavy (non-hydrogen) atoms. The summed E-state index contributed by atoms with van der Waals surface area (Å²) in [6, 6.07) is 7.43. The minimum atomic E-state index is 0.641. The maximum Gasteiger partial charge on any atom is 0.162 e. The lowest BCUT2D eigenvalue weighted by Gasteiger charge is -1.98. The lowest BCUT2D eigenvalue weighted by Crippen LogP contribution is -1.90. The van der Waals surface area contributed by atoms with Gasteiger partial charge in [-0.25, -0.2) is 15.0 Å². The molecule has 4 heteroatoms. The molecule has 2 aromatic rings. The minimum absolute atomic E-state index is 0.641. The van der Waals surface area contributed by atoms with Crippen LogP contribution in [0.2, 0.25) is 0 Å². The van der Waals surface area contributed by atoms with Gasteiger partial charge in [-0.1, -0.05) is 12.1 Å². The molecule has 4 nitrogen and oxygen atoms in total. The third-order valence-electron chi connectivity index (χ3n) is 1.64.